The van der Waals surface area contributed by atoms with Crippen LogP contribution in [-0.2, 0) is 10.2 Å². The van der Waals surface area contributed by atoms with Crippen molar-refractivity contribution in [2.24, 2.45) is 9.98 Å². The van der Waals surface area contributed by atoms with Gasteiger partial charge in [0.25, 0.3) is 0 Å². The number of anilines is 2. The number of nitrogen functional groups attached to an aromatic ring is 1. The van der Waals surface area contributed by atoms with Crippen molar-refractivity contribution in [2.75, 3.05) is 17.7 Å². The minimum absolute atomic E-state index is 0.133. The minimum atomic E-state index is -1.24. The Morgan fingerprint density at radius 3 is 2.90 bits per heavy atom. The summed E-state index contributed by atoms with van der Waals surface area (Å²) in [5.74, 6) is 0.645. The van der Waals surface area contributed by atoms with Crippen LogP contribution in [0.2, 0.25) is 0 Å². The Hall–Kier alpha value is -3.73. The Morgan fingerprint density at radius 1 is 1.32 bits per heavy atom. The summed E-state index contributed by atoms with van der Waals surface area (Å²) < 4.78 is 13.4. The second-order valence-corrected chi connectivity index (χ2v) is 7.59. The van der Waals surface area contributed by atoms with Crippen LogP contribution in [-0.4, -0.2) is 44.1 Å². The zero-order valence-electron chi connectivity index (χ0n) is 17.0. The highest BCUT2D eigenvalue weighted by Crippen LogP contribution is 2.44. The molecule has 0 spiro atoms. The molecule has 0 aromatic carbocycles. The van der Waals surface area contributed by atoms with Gasteiger partial charge in [0, 0.05) is 0 Å². The van der Waals surface area contributed by atoms with Crippen LogP contribution >= 0.6 is 0 Å². The predicted octanol–water partition coefficient (Wildman–Crippen LogP) is 1.58. The molecule has 1 amide bonds. The normalized spacial score (nSPS) is 21.8. The molecule has 2 aromatic heterocycles. The van der Waals surface area contributed by atoms with Gasteiger partial charge >= 0.3 is 0 Å². The third-order valence-corrected chi connectivity index (χ3v) is 5.54. The van der Waals surface area contributed by atoms with Gasteiger partial charge in [0.05, 0.1) is 29.4 Å². The number of pyridine rings is 1. The number of aliphatic imine (C=N–C) groups is 2. The molecule has 10 nitrogen and oxygen atoms in total. The van der Waals surface area contributed by atoms with Gasteiger partial charge in [-0.15, -0.1) is 0 Å². The second-order valence-electron chi connectivity index (χ2n) is 7.59. The molecule has 0 saturated carbocycles. The maximum absolute atomic E-state index is 13.4. The number of nitrogens with zero attached hydrogens (tertiary/aromatic N) is 6. The first-order chi connectivity index (χ1) is 14.9. The van der Waals surface area contributed by atoms with Crippen LogP contribution in [0.4, 0.5) is 16.0 Å². The van der Waals surface area contributed by atoms with Crippen molar-refractivity contribution in [3.63, 3.8) is 0 Å². The molecule has 0 saturated heterocycles. The maximum Gasteiger partial charge on any atom is 0.242 e. The summed E-state index contributed by atoms with van der Waals surface area (Å²) in [5.41, 5.74) is 10.3. The number of nitrogens with two attached hydrogens (primary N) is 1. The fourth-order valence-electron chi connectivity index (χ4n) is 3.97. The number of carbonyl (C=O) groups excluding carboxylic acids is 1. The summed E-state index contributed by atoms with van der Waals surface area (Å²) in [7, 11) is 0. The number of amides is 1. The lowest BCUT2D eigenvalue weighted by molar-refractivity contribution is -0.119. The van der Waals surface area contributed by atoms with E-state index in [2.05, 4.69) is 37.6 Å². The van der Waals surface area contributed by atoms with Crippen LogP contribution in [0.3, 0.4) is 0 Å². The summed E-state index contributed by atoms with van der Waals surface area (Å²) in [6.07, 6.45) is 4.48. The van der Waals surface area contributed by atoms with Crippen molar-refractivity contribution in [3.8, 4) is 0 Å². The molecule has 11 heteroatoms. The van der Waals surface area contributed by atoms with Crippen LogP contribution in [0.25, 0.3) is 5.70 Å². The first-order valence-electron chi connectivity index (χ1n) is 9.90. The van der Waals surface area contributed by atoms with E-state index < -0.39 is 11.2 Å². The number of hydrogen-bond acceptors (Lipinski definition) is 9. The standard InChI is InChI=1S/C20H20FN9O/c1-3-4-11-18-24-9-25-30(18)8-12(26-11)16-27-15(22)14-17(28-16)29-19(31)20(14,2)13-6-5-10(21)7-23-13/h5-8,25H,3-4,9H2,1-2H3,(H3,22,27,28,29,31). The van der Waals surface area contributed by atoms with Crippen molar-refractivity contribution in [1.82, 2.24) is 25.4 Å². The topological polar surface area (TPSA) is 134 Å². The van der Waals surface area contributed by atoms with Gasteiger partial charge in [-0.1, -0.05) is 13.3 Å². The molecule has 3 aliphatic rings. The Kier molecular flexibility index (Phi) is 4.29. The van der Waals surface area contributed by atoms with Gasteiger partial charge in [-0.25, -0.2) is 29.8 Å². The lowest BCUT2D eigenvalue weighted by Crippen LogP contribution is -2.38. The van der Waals surface area contributed by atoms with Gasteiger partial charge in [-0.2, -0.15) is 0 Å². The number of fused-ring (bicyclic) bond motifs is 2. The third kappa shape index (κ3) is 2.88. The van der Waals surface area contributed by atoms with Gasteiger partial charge in [-0.05, 0) is 25.5 Å². The molecule has 4 N–H and O–H groups in total. The first kappa shape index (κ1) is 19.2. The quantitative estimate of drug-likeness (QED) is 0.682. The smallest absolute Gasteiger partial charge is 0.242 e. The van der Waals surface area contributed by atoms with Gasteiger partial charge in [-0.3, -0.25) is 14.8 Å². The number of aromatic nitrogens is 3. The van der Waals surface area contributed by atoms with Crippen molar-refractivity contribution >= 4 is 34.8 Å². The molecule has 0 radical (unpaired) electrons. The van der Waals surface area contributed by atoms with Crippen molar-refractivity contribution in [1.29, 1.82) is 0 Å². The largest absolute Gasteiger partial charge is 0.383 e. The Balaban J connectivity index is 1.59. The third-order valence-electron chi connectivity index (χ3n) is 5.54. The predicted molar refractivity (Wildman–Crippen MR) is 113 cm³/mol. The van der Waals surface area contributed by atoms with Gasteiger partial charge in [0.1, 0.15) is 35.2 Å². The summed E-state index contributed by atoms with van der Waals surface area (Å²) in [5, 5.41) is 4.57. The highest BCUT2D eigenvalue weighted by Gasteiger charge is 2.48. The lowest BCUT2D eigenvalue weighted by atomic mass is 9.81. The SMILES string of the molecule is CCCC1=NC(c2nc(N)c3c(n2)NC(=O)C3(C)c2ccc(F)cn2)=CN2NCN=C12. The van der Waals surface area contributed by atoms with E-state index in [1.54, 1.807) is 18.1 Å². The van der Waals surface area contributed by atoms with Crippen LogP contribution < -0.4 is 16.5 Å². The second kappa shape index (κ2) is 6.91. The molecular formula is C20H20FN9O. The minimum Gasteiger partial charge on any atom is -0.383 e. The van der Waals surface area contributed by atoms with E-state index in [0.29, 0.717) is 29.4 Å². The average Bonchev–Trinajstić information content (AvgIpc) is 3.32. The molecule has 0 bridgehead atoms. The number of carbonyl (C=O) groups is 1. The maximum atomic E-state index is 13.4. The summed E-state index contributed by atoms with van der Waals surface area (Å²) in [6, 6.07) is 2.71. The van der Waals surface area contributed by atoms with E-state index in [4.69, 9.17) is 10.7 Å². The number of rotatable bonds is 4. The molecule has 1 unspecified atom stereocenters. The molecule has 0 aliphatic carbocycles. The molecule has 5 heterocycles. The van der Waals surface area contributed by atoms with Crippen molar-refractivity contribution in [2.45, 2.75) is 32.1 Å². The molecule has 0 fully saturated rings. The van der Waals surface area contributed by atoms with E-state index in [9.17, 15) is 9.18 Å². The van der Waals surface area contributed by atoms with Gasteiger partial charge in [0.2, 0.25) is 5.91 Å². The van der Waals surface area contributed by atoms with Gasteiger partial charge in [0.15, 0.2) is 11.7 Å². The molecule has 158 valence electrons. The Bertz CT molecular complexity index is 1190. The summed E-state index contributed by atoms with van der Waals surface area (Å²) in [4.78, 5) is 35.1. The monoisotopic (exact) mass is 421 g/mol. The Labute approximate surface area is 177 Å². The van der Waals surface area contributed by atoms with Crippen LogP contribution in [0.15, 0.2) is 34.5 Å². The number of halogens is 1. The number of hydrogen-bond donors (Lipinski definition) is 3. The average molecular weight is 421 g/mol. The van der Waals surface area contributed by atoms with E-state index in [1.165, 1.54) is 12.1 Å². The van der Waals surface area contributed by atoms with Crippen LogP contribution in [0.5, 0.6) is 0 Å². The van der Waals surface area contributed by atoms with Crippen LogP contribution in [0, 0.1) is 5.82 Å². The van der Waals surface area contributed by atoms with Crippen LogP contribution in [0.1, 0.15) is 43.8 Å². The summed E-state index contributed by atoms with van der Waals surface area (Å²) in [6.45, 7) is 4.20. The van der Waals surface area contributed by atoms with Gasteiger partial charge < -0.3 is 11.1 Å². The molecular weight excluding hydrogens is 401 g/mol. The summed E-state index contributed by atoms with van der Waals surface area (Å²) >= 11 is 0. The Morgan fingerprint density at radius 2 is 2.16 bits per heavy atom. The lowest BCUT2D eigenvalue weighted by Gasteiger charge is -2.23. The van der Waals surface area contributed by atoms with Crippen molar-refractivity contribution < 1.29 is 9.18 Å². The number of nitrogens with one attached hydrogen (secondary N) is 2. The zero-order valence-corrected chi connectivity index (χ0v) is 17.0. The first-order valence-corrected chi connectivity index (χ1v) is 9.90. The zero-order chi connectivity index (χ0) is 21.8. The van der Waals surface area contributed by atoms with E-state index >= 15 is 0 Å². The highest BCUT2D eigenvalue weighted by atomic mass is 19.1. The highest BCUT2D eigenvalue weighted by molar-refractivity contribution is 6.43. The van der Waals surface area contributed by atoms with Crippen molar-refractivity contribution in [3.05, 3.63) is 47.4 Å². The molecule has 5 rings (SSSR count). The van der Waals surface area contributed by atoms with E-state index in [0.717, 1.165) is 30.6 Å². The number of amidine groups is 1. The number of hydrazine groups is 1. The molecule has 31 heavy (non-hydrogen) atoms. The van der Waals surface area contributed by atoms with E-state index in [1.807, 2.05) is 0 Å². The molecule has 3 aliphatic heterocycles. The fourth-order valence-corrected chi connectivity index (χ4v) is 3.97. The van der Waals surface area contributed by atoms with E-state index in [-0.39, 0.29) is 17.5 Å². The fraction of sp³-hybridized carbons (Fsp3) is 0.300. The molecule has 1 atom stereocenters. The molecule has 2 aromatic rings.